The van der Waals surface area contributed by atoms with Gasteiger partial charge in [-0.3, -0.25) is 18.1 Å². The van der Waals surface area contributed by atoms with Crippen molar-refractivity contribution in [3.05, 3.63) is 0 Å². The van der Waals surface area contributed by atoms with Gasteiger partial charge in [-0.25, -0.2) is 9.13 Å². The molecule has 185 valence electrons. The highest BCUT2D eigenvalue weighted by molar-refractivity contribution is 7.47. The number of hydrogen-bond acceptors (Lipinski definition) is 9. The zero-order valence-corrected chi connectivity index (χ0v) is 21.1. The SMILES string of the molecule is [B][B][C@H]1CC(OP(=O)(O)OC[C@H]2O[C@@H]([B])CC2OP(=O)(O)OCC(C)C)[C@@H](COC(C)C)O1. The minimum atomic E-state index is -4.57. The molecule has 0 saturated carbocycles. The lowest BCUT2D eigenvalue weighted by Gasteiger charge is -2.25. The van der Waals surface area contributed by atoms with Crippen molar-refractivity contribution in [2.75, 3.05) is 19.8 Å². The Morgan fingerprint density at radius 1 is 0.970 bits per heavy atom. The highest BCUT2D eigenvalue weighted by atomic mass is 31.2. The first-order chi connectivity index (χ1) is 15.3. The van der Waals surface area contributed by atoms with Gasteiger partial charge in [-0.1, -0.05) is 13.8 Å². The summed E-state index contributed by atoms with van der Waals surface area (Å²) in [7, 11) is 3.67. The first-order valence-electron chi connectivity index (χ1n) is 10.8. The van der Waals surface area contributed by atoms with E-state index in [9.17, 15) is 18.9 Å². The van der Waals surface area contributed by atoms with Crippen molar-refractivity contribution in [1.82, 2.24) is 0 Å². The number of ether oxygens (including phenoxy) is 3. The van der Waals surface area contributed by atoms with Gasteiger partial charge in [0.1, 0.15) is 20.1 Å². The van der Waals surface area contributed by atoms with Crippen molar-refractivity contribution in [2.45, 2.75) is 83.1 Å². The van der Waals surface area contributed by atoms with E-state index in [0.717, 1.165) is 0 Å². The van der Waals surface area contributed by atoms with Crippen LogP contribution in [0.1, 0.15) is 40.5 Å². The second kappa shape index (κ2) is 13.0. The monoisotopic (exact) mass is 507 g/mol. The molecule has 2 heterocycles. The predicted octanol–water partition coefficient (Wildman–Crippen LogP) is 1.26. The Bertz CT molecular complexity index is 701. The van der Waals surface area contributed by atoms with Gasteiger partial charge < -0.3 is 24.0 Å². The van der Waals surface area contributed by atoms with Gasteiger partial charge in [0.2, 0.25) is 0 Å². The van der Waals surface area contributed by atoms with Crippen LogP contribution in [0.4, 0.5) is 0 Å². The van der Waals surface area contributed by atoms with E-state index in [1.165, 1.54) is 7.17 Å². The van der Waals surface area contributed by atoms with Crippen LogP contribution in [-0.2, 0) is 41.4 Å². The molecule has 2 aliphatic rings. The first kappa shape index (κ1) is 29.5. The lowest BCUT2D eigenvalue weighted by Crippen LogP contribution is -2.31. The molecule has 0 aromatic rings. The van der Waals surface area contributed by atoms with Crippen molar-refractivity contribution >= 4 is 38.4 Å². The molecular weight excluding hydrogens is 475 g/mol. The quantitative estimate of drug-likeness (QED) is 0.260. The van der Waals surface area contributed by atoms with Gasteiger partial charge in [-0.15, -0.1) is 0 Å². The first-order valence-corrected chi connectivity index (χ1v) is 13.8. The van der Waals surface area contributed by atoms with Gasteiger partial charge in [0.25, 0.3) is 0 Å². The van der Waals surface area contributed by atoms with Crippen LogP contribution >= 0.6 is 15.6 Å². The largest absolute Gasteiger partial charge is 0.472 e. The van der Waals surface area contributed by atoms with Gasteiger partial charge in [0, 0.05) is 19.7 Å². The molecule has 2 saturated heterocycles. The molecular formula is C17H32B3O11P2. The Morgan fingerprint density at radius 3 is 2.12 bits per heavy atom. The highest BCUT2D eigenvalue weighted by Gasteiger charge is 2.43. The zero-order valence-electron chi connectivity index (χ0n) is 19.3. The molecule has 33 heavy (non-hydrogen) atoms. The second-order valence-electron chi connectivity index (χ2n) is 8.68. The fourth-order valence-corrected chi connectivity index (χ4v) is 5.31. The van der Waals surface area contributed by atoms with Crippen LogP contribution in [0.3, 0.4) is 0 Å². The third-order valence-corrected chi connectivity index (χ3v) is 6.80. The molecule has 0 aliphatic carbocycles. The van der Waals surface area contributed by atoms with E-state index in [0.29, 0.717) is 0 Å². The van der Waals surface area contributed by atoms with Crippen LogP contribution in [0.2, 0.25) is 0 Å². The van der Waals surface area contributed by atoms with E-state index in [-0.39, 0.29) is 38.1 Å². The Kier molecular flexibility index (Phi) is 11.6. The molecule has 0 spiro atoms. The van der Waals surface area contributed by atoms with Gasteiger partial charge in [-0.2, -0.15) is 0 Å². The summed E-state index contributed by atoms with van der Waals surface area (Å²) in [4.78, 5) is 20.2. The minimum absolute atomic E-state index is 0.0125. The molecule has 2 rings (SSSR count). The summed E-state index contributed by atoms with van der Waals surface area (Å²) in [5, 5.41) is 0. The fraction of sp³-hybridized carbons (Fsp3) is 1.00. The number of phosphoric ester groups is 2. The van der Waals surface area contributed by atoms with Crippen LogP contribution in [0.25, 0.3) is 0 Å². The Balaban J connectivity index is 1.92. The van der Waals surface area contributed by atoms with E-state index in [1.807, 2.05) is 27.7 Å². The molecule has 0 aromatic carbocycles. The number of phosphoric acid groups is 2. The van der Waals surface area contributed by atoms with Crippen LogP contribution in [0.15, 0.2) is 0 Å². The lowest BCUT2D eigenvalue weighted by molar-refractivity contribution is -0.0512. The van der Waals surface area contributed by atoms with E-state index < -0.39 is 58.7 Å². The lowest BCUT2D eigenvalue weighted by atomic mass is 9.51. The fourth-order valence-electron chi connectivity index (χ4n) is 3.24. The average Bonchev–Trinajstić information content (AvgIpc) is 3.24. The number of hydrogen-bond donors (Lipinski definition) is 2. The van der Waals surface area contributed by atoms with Crippen LogP contribution in [0, 0.1) is 5.92 Å². The van der Waals surface area contributed by atoms with E-state index >= 15 is 0 Å². The third-order valence-electron chi connectivity index (χ3n) is 4.78. The molecule has 5 radical (unpaired) electrons. The van der Waals surface area contributed by atoms with Crippen molar-refractivity contribution in [3.63, 3.8) is 0 Å². The van der Waals surface area contributed by atoms with Crippen molar-refractivity contribution in [2.24, 2.45) is 5.92 Å². The summed E-state index contributed by atoms with van der Waals surface area (Å²) in [5.74, 6) is 0.0125. The van der Waals surface area contributed by atoms with Gasteiger partial charge in [-0.05, 0) is 32.6 Å². The average molecular weight is 507 g/mol. The summed E-state index contributed by atoms with van der Waals surface area (Å²) < 4.78 is 61.9. The Morgan fingerprint density at radius 2 is 1.55 bits per heavy atom. The van der Waals surface area contributed by atoms with Crippen LogP contribution in [0.5, 0.6) is 0 Å². The van der Waals surface area contributed by atoms with E-state index in [1.54, 1.807) is 0 Å². The molecule has 11 nitrogen and oxygen atoms in total. The summed E-state index contributed by atoms with van der Waals surface area (Å²) >= 11 is 0. The molecule has 2 fully saturated rings. The maximum Gasteiger partial charge on any atom is 0.472 e. The molecule has 16 heteroatoms. The smallest absolute Gasteiger partial charge is 0.380 e. The molecule has 0 amide bonds. The molecule has 2 N–H and O–H groups in total. The normalized spacial score (nSPS) is 33.9. The van der Waals surface area contributed by atoms with Crippen LogP contribution < -0.4 is 0 Å². The maximum absolute atomic E-state index is 12.6. The number of rotatable bonds is 14. The second-order valence-corrected chi connectivity index (χ2v) is 11.5. The van der Waals surface area contributed by atoms with Gasteiger partial charge >= 0.3 is 15.6 Å². The van der Waals surface area contributed by atoms with E-state index in [2.05, 4.69) is 0 Å². The summed E-state index contributed by atoms with van der Waals surface area (Å²) in [6.45, 7) is 7.01. The van der Waals surface area contributed by atoms with Crippen molar-refractivity contribution < 1.29 is 51.2 Å². The topological polar surface area (TPSA) is 139 Å². The summed E-state index contributed by atoms with van der Waals surface area (Å²) in [5.41, 5.74) is 0. The zero-order chi connectivity index (χ0) is 24.8. The van der Waals surface area contributed by atoms with Crippen LogP contribution in [-0.4, -0.2) is 94.9 Å². The van der Waals surface area contributed by atoms with Crippen molar-refractivity contribution in [1.29, 1.82) is 0 Å². The molecule has 0 aromatic heterocycles. The predicted molar refractivity (Wildman–Crippen MR) is 121 cm³/mol. The van der Waals surface area contributed by atoms with Gasteiger partial charge in [0.15, 0.2) is 0 Å². The minimum Gasteiger partial charge on any atom is -0.380 e. The Hall–Kier alpha value is 0.295. The molecule has 0 bridgehead atoms. The standard InChI is InChI=1S/C17H32B3O11P2/c1-10(2)7-26-32(21,22)30-12-5-16(18)28-15(12)9-27-33(23,24)31-13-6-17(20-19)29-14(13)8-25-11(3)4/h10-17H,5-9H2,1-4H3,(H,21,22)(H,23,24)/t12?,13?,14-,15-,16-,17-/m1/s1. The Labute approximate surface area is 198 Å². The van der Waals surface area contributed by atoms with E-state index in [4.69, 9.17) is 47.9 Å². The third kappa shape index (κ3) is 10.4. The maximum atomic E-state index is 12.6. The molecule has 2 aliphatic heterocycles. The van der Waals surface area contributed by atoms with Gasteiger partial charge in [0.05, 0.1) is 45.3 Å². The molecule has 8 atom stereocenters. The summed E-state index contributed by atoms with van der Waals surface area (Å²) in [6.07, 6.45) is -3.15. The highest BCUT2D eigenvalue weighted by Crippen LogP contribution is 2.50. The summed E-state index contributed by atoms with van der Waals surface area (Å²) in [6, 6.07) is -1.27. The molecule has 4 unspecified atom stereocenters. The van der Waals surface area contributed by atoms with Crippen molar-refractivity contribution in [3.8, 4) is 0 Å².